The van der Waals surface area contributed by atoms with Gasteiger partial charge >= 0.3 is 6.16 Å². The van der Waals surface area contributed by atoms with Crippen LogP contribution < -0.4 is 0 Å². The largest absolute Gasteiger partial charge is 0.505 e. The first kappa shape index (κ1) is 18.1. The SMILES string of the molecule is CCOCCOC(CCCOC(=O)O)CCOCC. The van der Waals surface area contributed by atoms with E-state index in [1.165, 1.54) is 0 Å². The number of rotatable bonds is 13. The van der Waals surface area contributed by atoms with Crippen molar-refractivity contribution in [1.29, 1.82) is 0 Å². The Balaban J connectivity index is 3.72. The Bertz CT molecular complexity index is 209. The van der Waals surface area contributed by atoms with Gasteiger partial charge in [-0.25, -0.2) is 4.79 Å². The van der Waals surface area contributed by atoms with E-state index < -0.39 is 6.16 Å². The molecule has 0 saturated carbocycles. The maximum atomic E-state index is 10.2. The number of hydrogen-bond acceptors (Lipinski definition) is 5. The van der Waals surface area contributed by atoms with Gasteiger partial charge in [-0.3, -0.25) is 0 Å². The van der Waals surface area contributed by atoms with Crippen molar-refractivity contribution >= 4 is 6.16 Å². The van der Waals surface area contributed by atoms with Crippen LogP contribution in [0.5, 0.6) is 0 Å². The lowest BCUT2D eigenvalue weighted by atomic mass is 10.1. The monoisotopic (exact) mass is 278 g/mol. The minimum atomic E-state index is -1.23. The summed E-state index contributed by atoms with van der Waals surface area (Å²) in [6, 6.07) is 0. The van der Waals surface area contributed by atoms with E-state index in [9.17, 15) is 4.79 Å². The van der Waals surface area contributed by atoms with Crippen LogP contribution in [0.15, 0.2) is 0 Å². The van der Waals surface area contributed by atoms with Gasteiger partial charge in [-0.05, 0) is 33.1 Å². The first-order chi connectivity index (χ1) is 9.20. The summed E-state index contributed by atoms with van der Waals surface area (Å²) >= 11 is 0. The van der Waals surface area contributed by atoms with Crippen LogP contribution in [0.4, 0.5) is 4.79 Å². The predicted molar refractivity (Wildman–Crippen MR) is 70.6 cm³/mol. The molecule has 0 aromatic rings. The van der Waals surface area contributed by atoms with E-state index in [0.717, 1.165) is 12.8 Å². The van der Waals surface area contributed by atoms with Gasteiger partial charge in [0.15, 0.2) is 0 Å². The second-order valence-electron chi connectivity index (χ2n) is 3.93. The number of ether oxygens (including phenoxy) is 4. The zero-order valence-electron chi connectivity index (χ0n) is 11.9. The Labute approximate surface area is 115 Å². The minimum absolute atomic E-state index is 0.0596. The third kappa shape index (κ3) is 13.4. The topological polar surface area (TPSA) is 74.2 Å². The lowest BCUT2D eigenvalue weighted by molar-refractivity contribution is -0.0152. The van der Waals surface area contributed by atoms with Crippen molar-refractivity contribution in [3.8, 4) is 0 Å². The summed E-state index contributed by atoms with van der Waals surface area (Å²) in [6.45, 7) is 7.23. The van der Waals surface area contributed by atoms with E-state index in [-0.39, 0.29) is 12.7 Å². The molecule has 0 aliphatic heterocycles. The lowest BCUT2D eigenvalue weighted by Gasteiger charge is -2.17. The molecule has 1 unspecified atom stereocenters. The summed E-state index contributed by atoms with van der Waals surface area (Å²) in [5.41, 5.74) is 0. The molecule has 0 aliphatic rings. The molecule has 0 fully saturated rings. The van der Waals surface area contributed by atoms with Crippen molar-refractivity contribution in [2.75, 3.05) is 39.6 Å². The zero-order valence-corrected chi connectivity index (χ0v) is 11.9. The third-order valence-electron chi connectivity index (χ3n) is 2.47. The fraction of sp³-hybridized carbons (Fsp3) is 0.923. The van der Waals surface area contributed by atoms with Gasteiger partial charge in [-0.15, -0.1) is 0 Å². The Morgan fingerprint density at radius 3 is 2.32 bits per heavy atom. The average molecular weight is 278 g/mol. The number of carbonyl (C=O) groups is 1. The predicted octanol–water partition coefficient (Wildman–Crippen LogP) is 2.31. The molecule has 0 rings (SSSR count). The van der Waals surface area contributed by atoms with Gasteiger partial charge in [0.05, 0.1) is 25.9 Å². The first-order valence-electron chi connectivity index (χ1n) is 6.83. The van der Waals surface area contributed by atoms with E-state index in [1.807, 2.05) is 13.8 Å². The molecule has 0 bridgehead atoms. The van der Waals surface area contributed by atoms with E-state index in [4.69, 9.17) is 19.3 Å². The van der Waals surface area contributed by atoms with Gasteiger partial charge in [0, 0.05) is 19.8 Å². The van der Waals surface area contributed by atoms with Gasteiger partial charge in [0.2, 0.25) is 0 Å². The Hall–Kier alpha value is -0.850. The molecular formula is C13H26O6. The van der Waals surface area contributed by atoms with Crippen molar-refractivity contribution in [1.82, 2.24) is 0 Å². The molecule has 6 nitrogen and oxygen atoms in total. The average Bonchev–Trinajstić information content (AvgIpc) is 2.38. The van der Waals surface area contributed by atoms with Crippen LogP contribution in [0.2, 0.25) is 0 Å². The summed E-state index contributed by atoms with van der Waals surface area (Å²) in [4.78, 5) is 10.2. The fourth-order valence-electron chi connectivity index (χ4n) is 1.56. The highest BCUT2D eigenvalue weighted by atomic mass is 16.7. The maximum Gasteiger partial charge on any atom is 0.505 e. The van der Waals surface area contributed by atoms with Crippen molar-refractivity contribution < 1.29 is 28.8 Å². The maximum absolute atomic E-state index is 10.2. The summed E-state index contributed by atoms with van der Waals surface area (Å²) in [5, 5.41) is 8.36. The van der Waals surface area contributed by atoms with Crippen LogP contribution in [0.1, 0.15) is 33.1 Å². The molecule has 0 aromatic heterocycles. The Morgan fingerprint density at radius 1 is 1.00 bits per heavy atom. The standard InChI is InChI=1S/C13H26O6/c1-3-16-9-7-12(18-11-10-17-4-2)6-5-8-19-13(14)15/h12H,3-11H2,1-2H3,(H,14,15). The first-order valence-corrected chi connectivity index (χ1v) is 6.83. The summed E-state index contributed by atoms with van der Waals surface area (Å²) in [7, 11) is 0. The van der Waals surface area contributed by atoms with Gasteiger partial charge < -0.3 is 24.1 Å². The van der Waals surface area contributed by atoms with Crippen LogP contribution >= 0.6 is 0 Å². The minimum Gasteiger partial charge on any atom is -0.450 e. The number of hydrogen-bond donors (Lipinski definition) is 1. The molecule has 1 atom stereocenters. The zero-order chi connectivity index (χ0) is 14.3. The third-order valence-corrected chi connectivity index (χ3v) is 2.47. The van der Waals surface area contributed by atoms with Gasteiger partial charge in [0.25, 0.3) is 0 Å². The van der Waals surface area contributed by atoms with Gasteiger partial charge in [-0.2, -0.15) is 0 Å². The molecule has 1 N–H and O–H groups in total. The van der Waals surface area contributed by atoms with Crippen LogP contribution in [0, 0.1) is 0 Å². The Morgan fingerprint density at radius 2 is 1.68 bits per heavy atom. The molecule has 19 heavy (non-hydrogen) atoms. The highest BCUT2D eigenvalue weighted by Gasteiger charge is 2.09. The van der Waals surface area contributed by atoms with E-state index >= 15 is 0 Å². The molecular weight excluding hydrogens is 252 g/mol. The highest BCUT2D eigenvalue weighted by molar-refractivity contribution is 5.56. The highest BCUT2D eigenvalue weighted by Crippen LogP contribution is 2.08. The molecule has 114 valence electrons. The van der Waals surface area contributed by atoms with Gasteiger partial charge in [-0.1, -0.05) is 0 Å². The van der Waals surface area contributed by atoms with E-state index in [2.05, 4.69) is 4.74 Å². The van der Waals surface area contributed by atoms with Crippen molar-refractivity contribution in [2.45, 2.75) is 39.2 Å². The molecule has 0 spiro atoms. The fourth-order valence-corrected chi connectivity index (χ4v) is 1.56. The molecule has 6 heteroatoms. The molecule has 0 radical (unpaired) electrons. The molecule has 0 aromatic carbocycles. The summed E-state index contributed by atoms with van der Waals surface area (Å²) in [5.74, 6) is 0. The van der Waals surface area contributed by atoms with Crippen LogP contribution in [-0.2, 0) is 18.9 Å². The quantitative estimate of drug-likeness (QED) is 0.411. The normalized spacial score (nSPS) is 12.3. The lowest BCUT2D eigenvalue weighted by Crippen LogP contribution is -2.19. The second-order valence-corrected chi connectivity index (χ2v) is 3.93. The molecule has 0 heterocycles. The van der Waals surface area contributed by atoms with Crippen molar-refractivity contribution in [3.63, 3.8) is 0 Å². The van der Waals surface area contributed by atoms with Crippen LogP contribution in [-0.4, -0.2) is 57.0 Å². The molecule has 0 amide bonds. The summed E-state index contributed by atoms with van der Waals surface area (Å²) in [6.07, 6.45) is 1.03. The second kappa shape index (κ2) is 13.6. The van der Waals surface area contributed by atoms with Crippen LogP contribution in [0.3, 0.4) is 0 Å². The molecule has 0 saturated heterocycles. The van der Waals surface area contributed by atoms with Gasteiger partial charge in [0.1, 0.15) is 0 Å². The van der Waals surface area contributed by atoms with E-state index in [0.29, 0.717) is 39.5 Å². The summed E-state index contributed by atoms with van der Waals surface area (Å²) < 4.78 is 20.7. The van der Waals surface area contributed by atoms with Crippen LogP contribution in [0.25, 0.3) is 0 Å². The van der Waals surface area contributed by atoms with E-state index in [1.54, 1.807) is 0 Å². The Kier molecular flexibility index (Phi) is 13.0. The smallest absolute Gasteiger partial charge is 0.450 e. The van der Waals surface area contributed by atoms with Crippen molar-refractivity contribution in [2.24, 2.45) is 0 Å². The number of carboxylic acid groups (broad SMARTS) is 1. The molecule has 0 aliphatic carbocycles. The van der Waals surface area contributed by atoms with Crippen molar-refractivity contribution in [3.05, 3.63) is 0 Å².